The van der Waals surface area contributed by atoms with Crippen LogP contribution in [0.4, 0.5) is 0 Å². The number of ether oxygens (including phenoxy) is 2. The molecule has 0 aliphatic heterocycles. The van der Waals surface area contributed by atoms with Crippen molar-refractivity contribution in [2.75, 3.05) is 13.7 Å². The Kier molecular flexibility index (Phi) is 5.57. The highest BCUT2D eigenvalue weighted by atomic mass is 16.5. The van der Waals surface area contributed by atoms with E-state index in [4.69, 9.17) is 9.47 Å². The third kappa shape index (κ3) is 3.80. The first kappa shape index (κ1) is 16.8. The van der Waals surface area contributed by atoms with Crippen LogP contribution in [0.1, 0.15) is 30.6 Å². The van der Waals surface area contributed by atoms with E-state index in [9.17, 15) is 9.59 Å². The Labute approximate surface area is 135 Å². The number of methoxy groups -OCH3 is 1. The van der Waals surface area contributed by atoms with E-state index in [0.717, 1.165) is 17.2 Å². The van der Waals surface area contributed by atoms with Crippen LogP contribution in [0.5, 0.6) is 5.75 Å². The van der Waals surface area contributed by atoms with E-state index >= 15 is 0 Å². The quantitative estimate of drug-likeness (QED) is 0.833. The molecule has 5 nitrogen and oxygen atoms in total. The molecule has 0 saturated carbocycles. The summed E-state index contributed by atoms with van der Waals surface area (Å²) in [5.74, 6) is -0.132. The Morgan fingerprint density at radius 3 is 2.48 bits per heavy atom. The van der Waals surface area contributed by atoms with Gasteiger partial charge >= 0.3 is 5.97 Å². The molecule has 2 aromatic rings. The van der Waals surface area contributed by atoms with Gasteiger partial charge in [0.2, 0.25) is 0 Å². The zero-order chi connectivity index (χ0) is 16.8. The second-order valence-corrected chi connectivity index (χ2v) is 5.20. The van der Waals surface area contributed by atoms with Crippen LogP contribution >= 0.6 is 0 Å². The van der Waals surface area contributed by atoms with Crippen LogP contribution in [-0.2, 0) is 9.53 Å². The van der Waals surface area contributed by atoms with Crippen LogP contribution in [-0.4, -0.2) is 31.6 Å². The highest BCUT2D eigenvalue weighted by Crippen LogP contribution is 2.28. The molecule has 1 amide bonds. The third-order valence-corrected chi connectivity index (χ3v) is 3.53. The normalized spacial score (nSPS) is 11.8. The van der Waals surface area contributed by atoms with Gasteiger partial charge in [0.1, 0.15) is 5.75 Å². The molecule has 0 aromatic heterocycles. The molecule has 0 spiro atoms. The summed E-state index contributed by atoms with van der Waals surface area (Å²) in [6.07, 6.45) is -0.00915. The first-order chi connectivity index (χ1) is 11.1. The van der Waals surface area contributed by atoms with Crippen molar-refractivity contribution in [3.8, 4) is 5.75 Å². The first-order valence-corrected chi connectivity index (χ1v) is 7.63. The second kappa shape index (κ2) is 7.63. The van der Waals surface area contributed by atoms with Crippen molar-refractivity contribution in [3.05, 3.63) is 42.0 Å². The van der Waals surface area contributed by atoms with Gasteiger partial charge in [0, 0.05) is 11.9 Å². The highest BCUT2D eigenvalue weighted by Gasteiger charge is 2.20. The molecule has 1 N–H and O–H groups in total. The lowest BCUT2D eigenvalue weighted by molar-refractivity contribution is -0.129. The smallest absolute Gasteiger partial charge is 0.339 e. The van der Waals surface area contributed by atoms with Gasteiger partial charge in [0.15, 0.2) is 6.10 Å². The molecular formula is C18H21NO4. The minimum absolute atomic E-state index is 0.294. The number of benzene rings is 2. The number of nitrogens with one attached hydrogen (secondary N) is 1. The zero-order valence-electron chi connectivity index (χ0n) is 13.6. The fourth-order valence-electron chi connectivity index (χ4n) is 2.30. The van der Waals surface area contributed by atoms with Crippen molar-refractivity contribution >= 4 is 22.6 Å². The Bertz CT molecular complexity index is 711. The Balaban J connectivity index is 2.23. The maximum atomic E-state index is 12.4. The van der Waals surface area contributed by atoms with Crippen molar-refractivity contribution < 1.29 is 19.1 Å². The van der Waals surface area contributed by atoms with Crippen molar-refractivity contribution in [3.63, 3.8) is 0 Å². The molecule has 122 valence electrons. The molecule has 23 heavy (non-hydrogen) atoms. The standard InChI is InChI=1S/C18H21NO4/c1-4-11-19-17(20)12(2)23-18(21)15-9-10-16(22-3)14-8-6-5-7-13(14)15/h5-10,12H,4,11H2,1-3H3,(H,19,20)/t12-/m1/s1. The van der Waals surface area contributed by atoms with Crippen LogP contribution in [0.2, 0.25) is 0 Å². The van der Waals surface area contributed by atoms with E-state index in [1.807, 2.05) is 31.2 Å². The number of rotatable bonds is 6. The average molecular weight is 315 g/mol. The van der Waals surface area contributed by atoms with Gasteiger partial charge in [-0.1, -0.05) is 31.2 Å². The molecule has 0 aliphatic rings. The molecule has 0 unspecified atom stereocenters. The number of carbonyl (C=O) groups excluding carboxylic acids is 2. The van der Waals surface area contributed by atoms with E-state index in [2.05, 4.69) is 5.32 Å². The molecule has 0 fully saturated rings. The van der Waals surface area contributed by atoms with Gasteiger partial charge in [-0.25, -0.2) is 4.79 Å². The summed E-state index contributed by atoms with van der Waals surface area (Å²) in [5, 5.41) is 4.27. The SMILES string of the molecule is CCCNC(=O)[C@@H](C)OC(=O)c1ccc(OC)c2ccccc12. The van der Waals surface area contributed by atoms with E-state index in [1.54, 1.807) is 26.2 Å². The van der Waals surface area contributed by atoms with Gasteiger partial charge in [-0.2, -0.15) is 0 Å². The van der Waals surface area contributed by atoms with Crippen LogP contribution in [0.25, 0.3) is 10.8 Å². The monoisotopic (exact) mass is 315 g/mol. The Hall–Kier alpha value is -2.56. The Morgan fingerprint density at radius 2 is 1.83 bits per heavy atom. The molecule has 5 heteroatoms. The second-order valence-electron chi connectivity index (χ2n) is 5.20. The molecule has 0 radical (unpaired) electrons. The summed E-state index contributed by atoms with van der Waals surface area (Å²) in [6.45, 7) is 4.08. The highest BCUT2D eigenvalue weighted by molar-refractivity contribution is 6.06. The van der Waals surface area contributed by atoms with E-state index in [-0.39, 0.29) is 5.91 Å². The summed E-state index contributed by atoms with van der Waals surface area (Å²) in [5.41, 5.74) is 0.413. The zero-order valence-corrected chi connectivity index (χ0v) is 13.6. The topological polar surface area (TPSA) is 64.6 Å². The fourth-order valence-corrected chi connectivity index (χ4v) is 2.30. The van der Waals surface area contributed by atoms with Crippen LogP contribution in [0, 0.1) is 0 Å². The first-order valence-electron chi connectivity index (χ1n) is 7.63. The predicted molar refractivity (Wildman–Crippen MR) is 88.7 cm³/mol. The number of amides is 1. The number of carbonyl (C=O) groups is 2. The number of hydrogen-bond donors (Lipinski definition) is 1. The van der Waals surface area contributed by atoms with E-state index in [0.29, 0.717) is 17.9 Å². The van der Waals surface area contributed by atoms with Gasteiger partial charge in [0.05, 0.1) is 12.7 Å². The van der Waals surface area contributed by atoms with Gasteiger partial charge < -0.3 is 14.8 Å². The molecule has 2 aromatic carbocycles. The van der Waals surface area contributed by atoms with E-state index < -0.39 is 12.1 Å². The summed E-state index contributed by atoms with van der Waals surface area (Å²) >= 11 is 0. The maximum Gasteiger partial charge on any atom is 0.339 e. The van der Waals surface area contributed by atoms with E-state index in [1.165, 1.54) is 0 Å². The van der Waals surface area contributed by atoms with Crippen molar-refractivity contribution in [2.24, 2.45) is 0 Å². The number of esters is 1. The predicted octanol–water partition coefficient (Wildman–Crippen LogP) is 2.92. The molecule has 0 aliphatic carbocycles. The van der Waals surface area contributed by atoms with Crippen molar-refractivity contribution in [1.82, 2.24) is 5.32 Å². The van der Waals surface area contributed by atoms with Crippen LogP contribution in [0.3, 0.4) is 0 Å². The lowest BCUT2D eigenvalue weighted by Crippen LogP contribution is -2.36. The largest absolute Gasteiger partial charge is 0.496 e. The van der Waals surface area contributed by atoms with Crippen molar-refractivity contribution in [1.29, 1.82) is 0 Å². The minimum Gasteiger partial charge on any atom is -0.496 e. The van der Waals surface area contributed by atoms with Gasteiger partial charge in [-0.3, -0.25) is 4.79 Å². The molecule has 2 rings (SSSR count). The van der Waals surface area contributed by atoms with Gasteiger partial charge in [-0.05, 0) is 30.9 Å². The molecule has 1 atom stereocenters. The molecule has 0 saturated heterocycles. The van der Waals surface area contributed by atoms with Gasteiger partial charge in [-0.15, -0.1) is 0 Å². The summed E-state index contributed by atoms with van der Waals surface area (Å²) in [4.78, 5) is 24.2. The lowest BCUT2D eigenvalue weighted by Gasteiger charge is -2.15. The third-order valence-electron chi connectivity index (χ3n) is 3.53. The summed E-state index contributed by atoms with van der Waals surface area (Å²) in [7, 11) is 1.58. The Morgan fingerprint density at radius 1 is 1.13 bits per heavy atom. The summed E-state index contributed by atoms with van der Waals surface area (Å²) < 4.78 is 10.6. The number of fused-ring (bicyclic) bond motifs is 1. The lowest BCUT2D eigenvalue weighted by atomic mass is 10.0. The summed E-state index contributed by atoms with van der Waals surface area (Å²) in [6, 6.07) is 10.8. The van der Waals surface area contributed by atoms with Crippen LogP contribution in [0.15, 0.2) is 36.4 Å². The van der Waals surface area contributed by atoms with Crippen molar-refractivity contribution in [2.45, 2.75) is 26.4 Å². The molecule has 0 heterocycles. The maximum absolute atomic E-state index is 12.4. The molecular weight excluding hydrogens is 294 g/mol. The minimum atomic E-state index is -0.838. The fraction of sp³-hybridized carbons (Fsp3) is 0.333. The van der Waals surface area contributed by atoms with Crippen LogP contribution < -0.4 is 10.1 Å². The number of hydrogen-bond acceptors (Lipinski definition) is 4. The van der Waals surface area contributed by atoms with Gasteiger partial charge in [0.25, 0.3) is 5.91 Å². The molecule has 0 bridgehead atoms. The average Bonchev–Trinajstić information content (AvgIpc) is 2.58.